The fourth-order valence-corrected chi connectivity index (χ4v) is 5.14. The second-order valence-electron chi connectivity index (χ2n) is 8.34. The molecule has 30 heavy (non-hydrogen) atoms. The highest BCUT2D eigenvalue weighted by atomic mass is 16.5. The highest BCUT2D eigenvalue weighted by Crippen LogP contribution is 2.44. The molecule has 2 amide bonds. The Kier molecular flexibility index (Phi) is 5.26. The second-order valence-corrected chi connectivity index (χ2v) is 8.34. The van der Waals surface area contributed by atoms with Crippen LogP contribution < -0.4 is 0 Å². The van der Waals surface area contributed by atoms with Crippen LogP contribution in [0.3, 0.4) is 0 Å². The fraction of sp³-hybridized carbons (Fsp3) is 0.500. The molecule has 1 N–H and O–H groups in total. The van der Waals surface area contributed by atoms with E-state index in [0.29, 0.717) is 45.8 Å². The van der Waals surface area contributed by atoms with Crippen molar-refractivity contribution in [2.24, 2.45) is 5.92 Å². The molecule has 0 aliphatic carbocycles. The van der Waals surface area contributed by atoms with Crippen molar-refractivity contribution >= 4 is 11.8 Å². The maximum absolute atomic E-state index is 13.5. The smallest absolute Gasteiger partial charge is 0.237 e. The van der Waals surface area contributed by atoms with Gasteiger partial charge in [-0.3, -0.25) is 14.5 Å². The maximum Gasteiger partial charge on any atom is 0.237 e. The minimum Gasteiger partial charge on any atom is -0.378 e. The minimum absolute atomic E-state index is 0.0365. The Bertz CT molecular complexity index is 881. The molecule has 5 rings (SSSR count). The van der Waals surface area contributed by atoms with E-state index in [2.05, 4.69) is 14.9 Å². The van der Waals surface area contributed by atoms with Gasteiger partial charge >= 0.3 is 0 Å². The summed E-state index contributed by atoms with van der Waals surface area (Å²) in [4.78, 5) is 40.0. The Labute approximate surface area is 175 Å². The highest BCUT2D eigenvalue weighted by Gasteiger charge is 2.51. The van der Waals surface area contributed by atoms with Crippen molar-refractivity contribution in [1.29, 1.82) is 0 Å². The van der Waals surface area contributed by atoms with Crippen LogP contribution in [0.25, 0.3) is 0 Å². The lowest BCUT2D eigenvalue weighted by Gasteiger charge is -2.40. The van der Waals surface area contributed by atoms with E-state index in [1.54, 1.807) is 12.5 Å². The van der Waals surface area contributed by atoms with Crippen molar-refractivity contribution in [2.45, 2.75) is 25.0 Å². The van der Waals surface area contributed by atoms with Gasteiger partial charge in [0.05, 0.1) is 38.0 Å². The van der Waals surface area contributed by atoms with Gasteiger partial charge in [-0.2, -0.15) is 0 Å². The number of imidazole rings is 1. The third-order valence-electron chi connectivity index (χ3n) is 6.45. The summed E-state index contributed by atoms with van der Waals surface area (Å²) in [5, 5.41) is 0. The van der Waals surface area contributed by atoms with Crippen molar-refractivity contribution in [3.8, 4) is 0 Å². The highest BCUT2D eigenvalue weighted by molar-refractivity contribution is 5.85. The van der Waals surface area contributed by atoms with E-state index in [-0.39, 0.29) is 29.8 Å². The Balaban J connectivity index is 1.41. The number of nitrogens with one attached hydrogen (secondary N) is 1. The summed E-state index contributed by atoms with van der Waals surface area (Å²) in [6.45, 7) is 4.20. The van der Waals surface area contributed by atoms with Gasteiger partial charge in [0.25, 0.3) is 0 Å². The number of aromatic nitrogens is 2. The van der Waals surface area contributed by atoms with Crippen LogP contribution in [-0.2, 0) is 20.9 Å². The molecule has 4 heterocycles. The Morgan fingerprint density at radius 2 is 2.00 bits per heavy atom. The molecule has 0 saturated carbocycles. The van der Waals surface area contributed by atoms with Crippen LogP contribution in [0.2, 0.25) is 0 Å². The number of aromatic amines is 1. The molecule has 3 saturated heterocycles. The van der Waals surface area contributed by atoms with Crippen molar-refractivity contribution < 1.29 is 14.3 Å². The van der Waals surface area contributed by atoms with Gasteiger partial charge in [0.15, 0.2) is 0 Å². The lowest BCUT2D eigenvalue weighted by molar-refractivity contribution is -0.143. The molecule has 0 unspecified atom stereocenters. The van der Waals surface area contributed by atoms with E-state index < -0.39 is 0 Å². The summed E-state index contributed by atoms with van der Waals surface area (Å²) < 4.78 is 5.43. The number of benzene rings is 1. The minimum atomic E-state index is -0.216. The van der Waals surface area contributed by atoms with E-state index >= 15 is 0 Å². The number of carbonyl (C=O) groups excluding carboxylic acids is 2. The van der Waals surface area contributed by atoms with Crippen molar-refractivity contribution in [3.63, 3.8) is 0 Å². The van der Waals surface area contributed by atoms with Gasteiger partial charge in [-0.1, -0.05) is 30.3 Å². The molecule has 1 aromatic heterocycles. The van der Waals surface area contributed by atoms with E-state index in [1.165, 1.54) is 0 Å². The summed E-state index contributed by atoms with van der Waals surface area (Å²) in [7, 11) is 0. The summed E-state index contributed by atoms with van der Waals surface area (Å²) in [5.74, 6) is 0.0259. The van der Waals surface area contributed by atoms with Crippen LogP contribution in [0, 0.1) is 5.92 Å². The topological polar surface area (TPSA) is 81.8 Å². The van der Waals surface area contributed by atoms with E-state index in [4.69, 9.17) is 4.74 Å². The molecule has 0 bridgehead atoms. The van der Waals surface area contributed by atoms with Gasteiger partial charge < -0.3 is 19.5 Å². The van der Waals surface area contributed by atoms with Gasteiger partial charge in [-0.15, -0.1) is 0 Å². The first-order valence-electron chi connectivity index (χ1n) is 10.6. The number of hydrogen-bond donors (Lipinski definition) is 1. The molecule has 8 heteroatoms. The normalized spacial score (nSPS) is 27.3. The van der Waals surface area contributed by atoms with Crippen molar-refractivity contribution in [2.75, 3.05) is 39.4 Å². The molecule has 1 aromatic carbocycles. The first-order chi connectivity index (χ1) is 14.7. The van der Waals surface area contributed by atoms with Crippen LogP contribution in [0.15, 0.2) is 42.9 Å². The van der Waals surface area contributed by atoms with Crippen LogP contribution in [0.4, 0.5) is 0 Å². The quantitative estimate of drug-likeness (QED) is 0.816. The summed E-state index contributed by atoms with van der Waals surface area (Å²) in [6.07, 6.45) is 4.15. The standard InChI is InChI=1S/C22H27N5O3/c28-20-14-25(12-17-11-23-15-24-17)13-18-10-19(22(29)26-6-8-30-9-7-26)21(27(18)20)16-4-2-1-3-5-16/h1-5,11,15,18-19,21H,6-10,12-14H2,(H,23,24)/t18-,19-,21-/m1/s1. The number of H-pyrrole nitrogens is 1. The van der Waals surface area contributed by atoms with E-state index in [1.807, 2.05) is 40.1 Å². The lowest BCUT2D eigenvalue weighted by atomic mass is 9.91. The number of amides is 2. The van der Waals surface area contributed by atoms with Gasteiger partial charge in [-0.05, 0) is 12.0 Å². The van der Waals surface area contributed by atoms with Crippen LogP contribution in [0.5, 0.6) is 0 Å². The zero-order chi connectivity index (χ0) is 20.5. The predicted molar refractivity (Wildman–Crippen MR) is 109 cm³/mol. The molecule has 2 aromatic rings. The molecule has 8 nitrogen and oxygen atoms in total. The number of carbonyl (C=O) groups is 2. The average molecular weight is 409 g/mol. The number of rotatable bonds is 4. The molecule has 3 aliphatic heterocycles. The number of ether oxygens (including phenoxy) is 1. The molecule has 0 radical (unpaired) electrons. The largest absolute Gasteiger partial charge is 0.378 e. The van der Waals surface area contributed by atoms with Gasteiger partial charge in [0.1, 0.15) is 0 Å². The third kappa shape index (κ3) is 3.61. The molecule has 3 aliphatic rings. The monoisotopic (exact) mass is 409 g/mol. The first-order valence-corrected chi connectivity index (χ1v) is 10.6. The van der Waals surface area contributed by atoms with Gasteiger partial charge in [-0.25, -0.2) is 4.98 Å². The molecule has 158 valence electrons. The number of morpholine rings is 1. The van der Waals surface area contributed by atoms with Crippen LogP contribution >= 0.6 is 0 Å². The van der Waals surface area contributed by atoms with Crippen molar-refractivity contribution in [1.82, 2.24) is 24.7 Å². The maximum atomic E-state index is 13.5. The van der Waals surface area contributed by atoms with Gasteiger partial charge in [0.2, 0.25) is 11.8 Å². The SMILES string of the molecule is O=C([C@@H]1C[C@@H]2CN(Cc3cnc[nH]3)CC(=O)N2[C@@H]1c1ccccc1)N1CCOCC1. The zero-order valence-corrected chi connectivity index (χ0v) is 16.9. The summed E-state index contributed by atoms with van der Waals surface area (Å²) >= 11 is 0. The number of nitrogens with zero attached hydrogens (tertiary/aromatic N) is 4. The first kappa shape index (κ1) is 19.3. The zero-order valence-electron chi connectivity index (χ0n) is 16.9. The van der Waals surface area contributed by atoms with E-state index in [9.17, 15) is 9.59 Å². The molecular formula is C22H27N5O3. The van der Waals surface area contributed by atoms with Crippen molar-refractivity contribution in [3.05, 3.63) is 54.1 Å². The Morgan fingerprint density at radius 1 is 1.20 bits per heavy atom. The molecule has 3 fully saturated rings. The van der Waals surface area contributed by atoms with E-state index in [0.717, 1.165) is 17.8 Å². The molecule has 0 spiro atoms. The van der Waals surface area contributed by atoms with Crippen LogP contribution in [0.1, 0.15) is 23.7 Å². The lowest BCUT2D eigenvalue weighted by Crippen LogP contribution is -2.54. The summed E-state index contributed by atoms with van der Waals surface area (Å²) in [5.41, 5.74) is 2.04. The number of piperazine rings is 1. The Morgan fingerprint density at radius 3 is 2.73 bits per heavy atom. The van der Waals surface area contributed by atoms with Crippen LogP contribution in [-0.4, -0.2) is 81.9 Å². The molecule has 3 atom stereocenters. The predicted octanol–water partition coefficient (Wildman–Crippen LogP) is 1.04. The number of hydrogen-bond acceptors (Lipinski definition) is 5. The number of fused-ring (bicyclic) bond motifs is 1. The fourth-order valence-electron chi connectivity index (χ4n) is 5.14. The molecular weight excluding hydrogens is 382 g/mol. The van der Waals surface area contributed by atoms with Gasteiger partial charge in [0, 0.05) is 44.1 Å². The third-order valence-corrected chi connectivity index (χ3v) is 6.45. The summed E-state index contributed by atoms with van der Waals surface area (Å²) in [6, 6.07) is 9.85. The second kappa shape index (κ2) is 8.20. The Hall–Kier alpha value is -2.71. The average Bonchev–Trinajstić information content (AvgIpc) is 3.42.